The van der Waals surface area contributed by atoms with Gasteiger partial charge in [0, 0.05) is 44.5 Å². The zero-order chi connectivity index (χ0) is 19.6. The Hall–Kier alpha value is -2.81. The molecule has 2 aromatic rings. The summed E-state index contributed by atoms with van der Waals surface area (Å²) in [6, 6.07) is 3.49. The normalized spacial score (nSPS) is 16.3. The third kappa shape index (κ3) is 4.13. The predicted octanol–water partition coefficient (Wildman–Crippen LogP) is 1.76. The van der Waals surface area contributed by atoms with Crippen molar-refractivity contribution in [2.45, 2.75) is 19.5 Å². The SMILES string of the molecule is CC(C(=O)N1CCN(Cc2cccc(F)c2F)CC1)n1cc(C(=O)O)cn1. The molecule has 1 aliphatic heterocycles. The van der Waals surface area contributed by atoms with Crippen LogP contribution >= 0.6 is 0 Å². The lowest BCUT2D eigenvalue weighted by molar-refractivity contribution is -0.136. The average molecular weight is 378 g/mol. The van der Waals surface area contributed by atoms with Crippen LogP contribution in [0, 0.1) is 11.6 Å². The molecule has 1 atom stereocenters. The Bertz CT molecular complexity index is 847. The summed E-state index contributed by atoms with van der Waals surface area (Å²) >= 11 is 0. The minimum atomic E-state index is -1.10. The lowest BCUT2D eigenvalue weighted by Gasteiger charge is -2.36. The highest BCUT2D eigenvalue weighted by molar-refractivity contribution is 5.87. The molecule has 0 radical (unpaired) electrons. The monoisotopic (exact) mass is 378 g/mol. The molecule has 7 nitrogen and oxygen atoms in total. The Morgan fingerprint density at radius 2 is 1.93 bits per heavy atom. The van der Waals surface area contributed by atoms with Crippen LogP contribution < -0.4 is 0 Å². The number of piperazine rings is 1. The Morgan fingerprint density at radius 3 is 2.56 bits per heavy atom. The minimum absolute atomic E-state index is 0.0246. The van der Waals surface area contributed by atoms with Crippen molar-refractivity contribution in [2.75, 3.05) is 26.2 Å². The number of hydrogen-bond acceptors (Lipinski definition) is 4. The molecule has 144 valence electrons. The number of aromatic nitrogens is 2. The van der Waals surface area contributed by atoms with E-state index in [0.29, 0.717) is 31.7 Å². The van der Waals surface area contributed by atoms with Crippen LogP contribution in [-0.2, 0) is 11.3 Å². The summed E-state index contributed by atoms with van der Waals surface area (Å²) in [5, 5.41) is 12.9. The van der Waals surface area contributed by atoms with E-state index in [1.54, 1.807) is 17.9 Å². The van der Waals surface area contributed by atoms with Gasteiger partial charge in [0.2, 0.25) is 5.91 Å². The van der Waals surface area contributed by atoms with Crippen molar-refractivity contribution in [1.82, 2.24) is 19.6 Å². The molecule has 1 amide bonds. The number of amides is 1. The molecule has 1 fully saturated rings. The maximum atomic E-state index is 13.8. The fourth-order valence-electron chi connectivity index (χ4n) is 3.08. The predicted molar refractivity (Wildman–Crippen MR) is 92.1 cm³/mol. The number of benzene rings is 1. The van der Waals surface area contributed by atoms with E-state index >= 15 is 0 Å². The van der Waals surface area contributed by atoms with Crippen LogP contribution in [0.2, 0.25) is 0 Å². The van der Waals surface area contributed by atoms with Crippen LogP contribution in [-0.4, -0.2) is 62.7 Å². The topological polar surface area (TPSA) is 78.7 Å². The van der Waals surface area contributed by atoms with E-state index in [-0.39, 0.29) is 18.0 Å². The van der Waals surface area contributed by atoms with E-state index in [2.05, 4.69) is 5.10 Å². The molecule has 0 aliphatic carbocycles. The van der Waals surface area contributed by atoms with Crippen molar-refractivity contribution in [1.29, 1.82) is 0 Å². The fraction of sp³-hybridized carbons (Fsp3) is 0.389. The Kier molecular flexibility index (Phi) is 5.50. The fourth-order valence-corrected chi connectivity index (χ4v) is 3.08. The number of carboxylic acid groups (broad SMARTS) is 1. The van der Waals surface area contributed by atoms with E-state index in [1.165, 1.54) is 23.1 Å². The summed E-state index contributed by atoms with van der Waals surface area (Å²) < 4.78 is 28.4. The summed E-state index contributed by atoms with van der Waals surface area (Å²) in [5.74, 6) is -2.96. The number of carbonyl (C=O) groups excluding carboxylic acids is 1. The molecule has 1 aromatic carbocycles. The van der Waals surface area contributed by atoms with Gasteiger partial charge in [-0.3, -0.25) is 14.4 Å². The van der Waals surface area contributed by atoms with Gasteiger partial charge < -0.3 is 10.0 Å². The number of rotatable bonds is 5. The lowest BCUT2D eigenvalue weighted by Crippen LogP contribution is -2.50. The van der Waals surface area contributed by atoms with Gasteiger partial charge in [0.15, 0.2) is 11.6 Å². The molecule has 2 heterocycles. The zero-order valence-electron chi connectivity index (χ0n) is 14.8. The Morgan fingerprint density at radius 1 is 1.22 bits per heavy atom. The van der Waals surface area contributed by atoms with E-state index in [1.807, 2.05) is 4.90 Å². The lowest BCUT2D eigenvalue weighted by atomic mass is 10.1. The molecule has 1 saturated heterocycles. The molecule has 0 saturated carbocycles. The second-order valence-corrected chi connectivity index (χ2v) is 6.50. The molecule has 9 heteroatoms. The number of hydrogen-bond donors (Lipinski definition) is 1. The maximum absolute atomic E-state index is 13.8. The highest BCUT2D eigenvalue weighted by atomic mass is 19.2. The number of carboxylic acids is 1. The summed E-state index contributed by atoms with van der Waals surface area (Å²) in [4.78, 5) is 27.2. The van der Waals surface area contributed by atoms with E-state index in [0.717, 1.165) is 6.07 Å². The first-order valence-electron chi connectivity index (χ1n) is 8.58. The standard InChI is InChI=1S/C18H20F2N4O3/c1-12(24-11-14(9-21-24)18(26)27)17(25)23-7-5-22(6-8-23)10-13-3-2-4-15(19)16(13)20/h2-4,9,11-12H,5-8,10H2,1H3,(H,26,27). The minimum Gasteiger partial charge on any atom is -0.478 e. The molecular formula is C18H20F2N4O3. The first-order valence-corrected chi connectivity index (χ1v) is 8.58. The van der Waals surface area contributed by atoms with E-state index in [4.69, 9.17) is 5.11 Å². The second-order valence-electron chi connectivity index (χ2n) is 6.50. The van der Waals surface area contributed by atoms with Gasteiger partial charge in [0.1, 0.15) is 6.04 Å². The average Bonchev–Trinajstić information content (AvgIpc) is 3.15. The van der Waals surface area contributed by atoms with Crippen LogP contribution in [0.15, 0.2) is 30.6 Å². The molecule has 1 N–H and O–H groups in total. The van der Waals surface area contributed by atoms with Crippen LogP contribution in [0.25, 0.3) is 0 Å². The smallest absolute Gasteiger partial charge is 0.338 e. The first kappa shape index (κ1) is 19.0. The van der Waals surface area contributed by atoms with Crippen molar-refractivity contribution in [3.05, 3.63) is 53.4 Å². The van der Waals surface area contributed by atoms with Crippen molar-refractivity contribution >= 4 is 11.9 Å². The summed E-state index contributed by atoms with van der Waals surface area (Å²) in [6.45, 7) is 3.92. The summed E-state index contributed by atoms with van der Waals surface area (Å²) in [7, 11) is 0. The highest BCUT2D eigenvalue weighted by Crippen LogP contribution is 2.17. The Labute approximate surface area is 154 Å². The van der Waals surface area contributed by atoms with Gasteiger partial charge in [-0.05, 0) is 13.0 Å². The molecule has 1 unspecified atom stereocenters. The number of aromatic carboxylic acids is 1. The molecule has 1 aromatic heterocycles. The van der Waals surface area contributed by atoms with Gasteiger partial charge in [-0.1, -0.05) is 12.1 Å². The summed E-state index contributed by atoms with van der Waals surface area (Å²) in [6.07, 6.45) is 2.53. The number of carbonyl (C=O) groups is 2. The van der Waals surface area contributed by atoms with Crippen molar-refractivity contribution in [3.63, 3.8) is 0 Å². The van der Waals surface area contributed by atoms with E-state index < -0.39 is 23.6 Å². The third-order valence-corrected chi connectivity index (χ3v) is 4.71. The molecule has 27 heavy (non-hydrogen) atoms. The van der Waals surface area contributed by atoms with Gasteiger partial charge in [0.25, 0.3) is 0 Å². The van der Waals surface area contributed by atoms with Gasteiger partial charge in [0.05, 0.1) is 11.8 Å². The molecule has 3 rings (SSSR count). The summed E-state index contributed by atoms with van der Waals surface area (Å²) in [5.41, 5.74) is 0.317. The second kappa shape index (κ2) is 7.83. The molecule has 1 aliphatic rings. The van der Waals surface area contributed by atoms with Gasteiger partial charge in [-0.15, -0.1) is 0 Å². The molecular weight excluding hydrogens is 358 g/mol. The molecule has 0 spiro atoms. The van der Waals surface area contributed by atoms with Crippen LogP contribution in [0.1, 0.15) is 28.9 Å². The third-order valence-electron chi connectivity index (χ3n) is 4.71. The number of halogens is 2. The Balaban J connectivity index is 1.57. The van der Waals surface area contributed by atoms with Crippen molar-refractivity contribution < 1.29 is 23.5 Å². The van der Waals surface area contributed by atoms with E-state index in [9.17, 15) is 18.4 Å². The van der Waals surface area contributed by atoms with Crippen LogP contribution in [0.3, 0.4) is 0 Å². The first-order chi connectivity index (χ1) is 12.9. The van der Waals surface area contributed by atoms with Gasteiger partial charge in [-0.2, -0.15) is 5.10 Å². The molecule has 0 bridgehead atoms. The van der Waals surface area contributed by atoms with Crippen molar-refractivity contribution in [3.8, 4) is 0 Å². The number of nitrogens with zero attached hydrogens (tertiary/aromatic N) is 4. The zero-order valence-corrected chi connectivity index (χ0v) is 14.8. The maximum Gasteiger partial charge on any atom is 0.338 e. The van der Waals surface area contributed by atoms with Crippen LogP contribution in [0.4, 0.5) is 8.78 Å². The highest BCUT2D eigenvalue weighted by Gasteiger charge is 2.27. The largest absolute Gasteiger partial charge is 0.478 e. The quantitative estimate of drug-likeness (QED) is 0.858. The van der Waals surface area contributed by atoms with Gasteiger partial charge >= 0.3 is 5.97 Å². The van der Waals surface area contributed by atoms with Gasteiger partial charge in [-0.25, -0.2) is 13.6 Å². The van der Waals surface area contributed by atoms with Crippen molar-refractivity contribution in [2.24, 2.45) is 0 Å². The van der Waals surface area contributed by atoms with Crippen LogP contribution in [0.5, 0.6) is 0 Å².